The number of nitrogens with one attached hydrogen (secondary N) is 1. The molecular weight excluding hydrogens is 524 g/mol. The lowest BCUT2D eigenvalue weighted by Crippen LogP contribution is -2.39. The van der Waals surface area contributed by atoms with Crippen LogP contribution in [0.3, 0.4) is 0 Å². The van der Waals surface area contributed by atoms with Crippen LogP contribution in [0.4, 0.5) is 5.69 Å². The highest BCUT2D eigenvalue weighted by Crippen LogP contribution is 2.33. The van der Waals surface area contributed by atoms with E-state index in [2.05, 4.69) is 47.1 Å². The van der Waals surface area contributed by atoms with E-state index >= 15 is 0 Å². The van der Waals surface area contributed by atoms with Crippen molar-refractivity contribution < 1.29 is 17.9 Å². The molecule has 40 heavy (non-hydrogen) atoms. The number of hydrogen-bond donors (Lipinski definition) is 1. The average molecular weight is 559 g/mol. The van der Waals surface area contributed by atoms with Gasteiger partial charge in [-0.3, -0.25) is 9.10 Å². The molecule has 0 unspecified atom stereocenters. The monoisotopic (exact) mass is 558 g/mol. The molecule has 0 saturated carbocycles. The van der Waals surface area contributed by atoms with Crippen LogP contribution in [0.25, 0.3) is 5.69 Å². The largest absolute Gasteiger partial charge is 0.495 e. The van der Waals surface area contributed by atoms with E-state index in [9.17, 15) is 13.2 Å². The van der Waals surface area contributed by atoms with Crippen molar-refractivity contribution in [3.8, 4) is 11.4 Å². The van der Waals surface area contributed by atoms with E-state index in [0.717, 1.165) is 32.5 Å². The van der Waals surface area contributed by atoms with Gasteiger partial charge in [0, 0.05) is 22.6 Å². The molecule has 0 aliphatic heterocycles. The predicted octanol–water partition coefficient (Wildman–Crippen LogP) is 5.37. The Morgan fingerprint density at radius 2 is 1.60 bits per heavy atom. The zero-order valence-corrected chi connectivity index (χ0v) is 24.4. The lowest BCUT2D eigenvalue weighted by Gasteiger charge is -2.25. The SMILES string of the molecule is COc1ccc(C)cc1N(CC(=O)N/N=C\c1cc(C)n(-c2cc(C)cc(C)c2)c1C)S(=O)(=O)c1ccccc1. The number of rotatable bonds is 9. The Labute approximate surface area is 236 Å². The third-order valence-electron chi connectivity index (χ3n) is 6.55. The van der Waals surface area contributed by atoms with Gasteiger partial charge in [-0.25, -0.2) is 13.8 Å². The smallest absolute Gasteiger partial charge is 0.264 e. The molecule has 0 atom stereocenters. The van der Waals surface area contributed by atoms with E-state index in [0.29, 0.717) is 5.75 Å². The van der Waals surface area contributed by atoms with Gasteiger partial charge >= 0.3 is 0 Å². The van der Waals surface area contributed by atoms with Crippen molar-refractivity contribution in [2.45, 2.75) is 39.5 Å². The summed E-state index contributed by atoms with van der Waals surface area (Å²) in [5.74, 6) is -0.261. The fourth-order valence-electron chi connectivity index (χ4n) is 4.75. The summed E-state index contributed by atoms with van der Waals surface area (Å²) in [5.41, 5.74) is 9.82. The van der Waals surface area contributed by atoms with Gasteiger partial charge in [0.25, 0.3) is 15.9 Å². The second kappa shape index (κ2) is 11.8. The molecule has 1 aromatic heterocycles. The van der Waals surface area contributed by atoms with Crippen LogP contribution < -0.4 is 14.5 Å². The van der Waals surface area contributed by atoms with Crippen molar-refractivity contribution in [3.63, 3.8) is 0 Å². The molecule has 3 aromatic carbocycles. The van der Waals surface area contributed by atoms with Crippen LogP contribution in [0.5, 0.6) is 5.75 Å². The number of sulfonamides is 1. The highest BCUT2D eigenvalue weighted by atomic mass is 32.2. The number of anilines is 1. The third kappa shape index (κ3) is 6.10. The number of aromatic nitrogens is 1. The van der Waals surface area contributed by atoms with Crippen molar-refractivity contribution in [2.24, 2.45) is 5.10 Å². The predicted molar refractivity (Wildman–Crippen MR) is 159 cm³/mol. The topological polar surface area (TPSA) is 93.0 Å². The van der Waals surface area contributed by atoms with Gasteiger partial charge in [-0.2, -0.15) is 5.10 Å². The normalized spacial score (nSPS) is 11.6. The van der Waals surface area contributed by atoms with Crippen LogP contribution in [0.1, 0.15) is 33.6 Å². The molecule has 4 aromatic rings. The number of nitrogens with zero attached hydrogens (tertiary/aromatic N) is 3. The number of methoxy groups -OCH3 is 1. The molecule has 0 aliphatic carbocycles. The molecule has 0 bridgehead atoms. The average Bonchev–Trinajstić information content (AvgIpc) is 3.19. The van der Waals surface area contributed by atoms with E-state index in [4.69, 9.17) is 4.74 Å². The summed E-state index contributed by atoms with van der Waals surface area (Å²) < 4.78 is 35.9. The molecule has 1 heterocycles. The number of benzene rings is 3. The number of aryl methyl sites for hydroxylation is 4. The second-order valence-corrected chi connectivity index (χ2v) is 11.7. The summed E-state index contributed by atoms with van der Waals surface area (Å²) in [7, 11) is -2.63. The Balaban J connectivity index is 1.60. The van der Waals surface area contributed by atoms with E-state index in [1.807, 2.05) is 32.9 Å². The van der Waals surface area contributed by atoms with Crippen molar-refractivity contribution in [2.75, 3.05) is 18.0 Å². The highest BCUT2D eigenvalue weighted by molar-refractivity contribution is 7.92. The fourth-order valence-corrected chi connectivity index (χ4v) is 6.19. The molecule has 0 radical (unpaired) electrons. The van der Waals surface area contributed by atoms with Gasteiger partial charge < -0.3 is 9.30 Å². The van der Waals surface area contributed by atoms with Crippen molar-refractivity contribution in [3.05, 3.63) is 106 Å². The van der Waals surface area contributed by atoms with Crippen LogP contribution in [0, 0.1) is 34.6 Å². The molecule has 0 fully saturated rings. The van der Waals surface area contributed by atoms with Gasteiger partial charge in [-0.05, 0) is 93.8 Å². The number of hydrogen-bond acceptors (Lipinski definition) is 5. The number of hydrazone groups is 1. The van der Waals surface area contributed by atoms with Gasteiger partial charge in [-0.15, -0.1) is 0 Å². The minimum atomic E-state index is -4.09. The van der Waals surface area contributed by atoms with Gasteiger partial charge in [0.05, 0.1) is 23.9 Å². The van der Waals surface area contributed by atoms with Gasteiger partial charge in [0.15, 0.2) is 0 Å². The minimum Gasteiger partial charge on any atom is -0.495 e. The molecule has 0 saturated heterocycles. The zero-order chi connectivity index (χ0) is 29.0. The van der Waals surface area contributed by atoms with Gasteiger partial charge in [-0.1, -0.05) is 30.3 Å². The summed E-state index contributed by atoms with van der Waals surface area (Å²) in [5, 5.41) is 4.16. The summed E-state index contributed by atoms with van der Waals surface area (Å²) in [6.45, 7) is 9.49. The lowest BCUT2D eigenvalue weighted by molar-refractivity contribution is -0.119. The Morgan fingerprint density at radius 1 is 0.925 bits per heavy atom. The van der Waals surface area contributed by atoms with E-state index in [1.165, 1.54) is 30.4 Å². The molecular formula is C31H34N4O4S. The molecule has 208 valence electrons. The quantitative estimate of drug-likeness (QED) is 0.221. The summed E-state index contributed by atoms with van der Waals surface area (Å²) in [6, 6.07) is 21.5. The number of amides is 1. The van der Waals surface area contributed by atoms with Crippen molar-refractivity contribution >= 4 is 27.8 Å². The van der Waals surface area contributed by atoms with Crippen LogP contribution in [-0.2, 0) is 14.8 Å². The van der Waals surface area contributed by atoms with E-state index < -0.39 is 22.5 Å². The standard InChI is InChI=1S/C31H34N4O4S/c1-21-12-13-30(39-6)29(17-21)34(40(37,38)28-10-8-7-9-11-28)20-31(36)33-32-19-26-18-24(4)35(25(26)5)27-15-22(2)14-23(3)16-27/h7-19H,20H2,1-6H3,(H,33,36)/b32-19-. The first-order chi connectivity index (χ1) is 19.0. The fraction of sp³-hybridized carbons (Fsp3) is 0.226. The first-order valence-corrected chi connectivity index (χ1v) is 14.3. The van der Waals surface area contributed by atoms with Crippen LogP contribution >= 0.6 is 0 Å². The maximum atomic E-state index is 13.7. The minimum absolute atomic E-state index is 0.0636. The number of ether oxygens (including phenoxy) is 1. The van der Waals surface area contributed by atoms with Crippen molar-refractivity contribution in [1.82, 2.24) is 9.99 Å². The molecule has 4 rings (SSSR count). The van der Waals surface area contributed by atoms with E-state index in [1.54, 1.807) is 36.5 Å². The third-order valence-corrected chi connectivity index (χ3v) is 8.32. The van der Waals surface area contributed by atoms with Crippen LogP contribution in [-0.4, -0.2) is 38.8 Å². The number of carbonyl (C=O) groups excluding carboxylic acids is 1. The second-order valence-electron chi connectivity index (χ2n) is 9.80. The highest BCUT2D eigenvalue weighted by Gasteiger charge is 2.29. The van der Waals surface area contributed by atoms with Crippen LogP contribution in [0.2, 0.25) is 0 Å². The van der Waals surface area contributed by atoms with E-state index in [-0.39, 0.29) is 10.6 Å². The maximum Gasteiger partial charge on any atom is 0.264 e. The molecule has 9 heteroatoms. The van der Waals surface area contributed by atoms with Gasteiger partial charge in [0.1, 0.15) is 12.3 Å². The van der Waals surface area contributed by atoms with Gasteiger partial charge in [0.2, 0.25) is 0 Å². The van der Waals surface area contributed by atoms with Crippen LogP contribution in [0.15, 0.2) is 82.8 Å². The Morgan fingerprint density at radius 3 is 2.25 bits per heavy atom. The summed E-state index contributed by atoms with van der Waals surface area (Å²) in [6.07, 6.45) is 1.57. The number of carbonyl (C=O) groups is 1. The maximum absolute atomic E-state index is 13.7. The van der Waals surface area contributed by atoms with Crippen molar-refractivity contribution in [1.29, 1.82) is 0 Å². The zero-order valence-electron chi connectivity index (χ0n) is 23.6. The Kier molecular flexibility index (Phi) is 8.44. The summed E-state index contributed by atoms with van der Waals surface area (Å²) >= 11 is 0. The molecule has 0 spiro atoms. The Bertz CT molecular complexity index is 1650. The molecule has 1 amide bonds. The molecule has 1 N–H and O–H groups in total. The summed E-state index contributed by atoms with van der Waals surface area (Å²) in [4.78, 5) is 13.1. The first kappa shape index (κ1) is 28.6. The molecule has 8 nitrogen and oxygen atoms in total. The Hall–Kier alpha value is -4.37. The lowest BCUT2D eigenvalue weighted by atomic mass is 10.1. The molecule has 0 aliphatic rings. The first-order valence-electron chi connectivity index (χ1n) is 12.8.